The van der Waals surface area contributed by atoms with Crippen molar-refractivity contribution in [2.24, 2.45) is 0 Å². The summed E-state index contributed by atoms with van der Waals surface area (Å²) in [6.45, 7) is 2.32. The van der Waals surface area contributed by atoms with Gasteiger partial charge in [-0.25, -0.2) is 0 Å². The van der Waals surface area contributed by atoms with E-state index in [1.807, 2.05) is 0 Å². The predicted molar refractivity (Wildman–Crippen MR) is 42.1 cm³/mol. The number of carbonyl (C=O) groups is 1. The van der Waals surface area contributed by atoms with Crippen molar-refractivity contribution in [2.45, 2.75) is 19.8 Å². The molecule has 64 valence electrons. The smallest absolute Gasteiger partial charge is 0.309 e. The molecule has 0 heterocycles. The molecule has 0 fully saturated rings. The zero-order chi connectivity index (χ0) is 8.53. The van der Waals surface area contributed by atoms with Gasteiger partial charge >= 0.3 is 5.97 Å². The first-order valence-corrected chi connectivity index (χ1v) is 3.72. The van der Waals surface area contributed by atoms with Crippen LogP contribution in [0, 0.1) is 0 Å². The fourth-order valence-electron chi connectivity index (χ4n) is 0.592. The second kappa shape index (κ2) is 7.28. The van der Waals surface area contributed by atoms with Crippen LogP contribution >= 0.6 is 0 Å². The Kier molecular flexibility index (Phi) is 6.73. The van der Waals surface area contributed by atoms with E-state index in [-0.39, 0.29) is 12.6 Å². The average Bonchev–Trinajstić information content (AvgIpc) is 1.99. The fraction of sp³-hybridized carbons (Fsp3) is 0.625. The van der Waals surface area contributed by atoms with Gasteiger partial charge in [0.05, 0.1) is 13.0 Å². The third-order valence-corrected chi connectivity index (χ3v) is 1.05. The van der Waals surface area contributed by atoms with Gasteiger partial charge in [-0.15, -0.1) is 0 Å². The number of hydrogen-bond donors (Lipinski definition) is 1. The minimum atomic E-state index is -0.221. The average molecular weight is 158 g/mol. The first-order chi connectivity index (χ1) is 5.31. The molecule has 0 aromatic heterocycles. The lowest BCUT2D eigenvalue weighted by atomic mass is 10.3. The molecule has 0 saturated carbocycles. The zero-order valence-electron chi connectivity index (χ0n) is 6.75. The molecule has 0 aromatic rings. The Morgan fingerprint density at radius 1 is 1.55 bits per heavy atom. The number of hydrogen-bond acceptors (Lipinski definition) is 3. The SMILES string of the molecule is CCOC(=O)CC=CCCO. The fourth-order valence-corrected chi connectivity index (χ4v) is 0.592. The molecule has 3 heteroatoms. The van der Waals surface area contributed by atoms with Crippen LogP contribution in [0.4, 0.5) is 0 Å². The molecule has 0 amide bonds. The Morgan fingerprint density at radius 2 is 2.27 bits per heavy atom. The largest absolute Gasteiger partial charge is 0.466 e. The summed E-state index contributed by atoms with van der Waals surface area (Å²) >= 11 is 0. The third-order valence-electron chi connectivity index (χ3n) is 1.05. The Labute approximate surface area is 66.7 Å². The highest BCUT2D eigenvalue weighted by Crippen LogP contribution is 1.89. The van der Waals surface area contributed by atoms with Gasteiger partial charge in [-0.3, -0.25) is 4.79 Å². The van der Waals surface area contributed by atoms with Crippen molar-refractivity contribution in [2.75, 3.05) is 13.2 Å². The van der Waals surface area contributed by atoms with Crippen molar-refractivity contribution in [3.05, 3.63) is 12.2 Å². The molecule has 0 unspecified atom stereocenters. The monoisotopic (exact) mass is 158 g/mol. The van der Waals surface area contributed by atoms with Crippen LogP contribution in [0.3, 0.4) is 0 Å². The highest BCUT2D eigenvalue weighted by Gasteiger charge is 1.94. The minimum Gasteiger partial charge on any atom is -0.466 e. The maximum absolute atomic E-state index is 10.7. The lowest BCUT2D eigenvalue weighted by molar-refractivity contribution is -0.142. The van der Waals surface area contributed by atoms with E-state index in [9.17, 15) is 4.79 Å². The maximum Gasteiger partial charge on any atom is 0.309 e. The molecule has 0 rings (SSSR count). The zero-order valence-corrected chi connectivity index (χ0v) is 6.75. The molecule has 0 spiro atoms. The quantitative estimate of drug-likeness (QED) is 0.477. The van der Waals surface area contributed by atoms with E-state index in [0.29, 0.717) is 19.4 Å². The standard InChI is InChI=1S/C8H14O3/c1-2-11-8(10)6-4-3-5-7-9/h3-4,9H,2,5-7H2,1H3. The van der Waals surface area contributed by atoms with Crippen LogP contribution in [0.5, 0.6) is 0 Å². The van der Waals surface area contributed by atoms with Crippen molar-refractivity contribution < 1.29 is 14.6 Å². The Balaban J connectivity index is 3.29. The summed E-state index contributed by atoms with van der Waals surface area (Å²) in [5.74, 6) is -0.221. The van der Waals surface area contributed by atoms with Gasteiger partial charge in [0.25, 0.3) is 0 Å². The molecule has 11 heavy (non-hydrogen) atoms. The van der Waals surface area contributed by atoms with Crippen LogP contribution in [0.2, 0.25) is 0 Å². The molecule has 0 aliphatic rings. The van der Waals surface area contributed by atoms with E-state index in [1.165, 1.54) is 0 Å². The lowest BCUT2D eigenvalue weighted by Gasteiger charge is -1.95. The number of esters is 1. The molecule has 1 N–H and O–H groups in total. The van der Waals surface area contributed by atoms with E-state index in [1.54, 1.807) is 19.1 Å². The van der Waals surface area contributed by atoms with E-state index in [0.717, 1.165) is 0 Å². The molecule has 0 aromatic carbocycles. The maximum atomic E-state index is 10.7. The summed E-state index contributed by atoms with van der Waals surface area (Å²) in [5, 5.41) is 8.37. The number of ether oxygens (including phenoxy) is 1. The summed E-state index contributed by atoms with van der Waals surface area (Å²) < 4.78 is 4.67. The van der Waals surface area contributed by atoms with Crippen LogP contribution in [0.15, 0.2) is 12.2 Å². The molecular formula is C8H14O3. The Hall–Kier alpha value is -0.830. The van der Waals surface area contributed by atoms with Crippen LogP contribution in [-0.4, -0.2) is 24.3 Å². The number of rotatable bonds is 5. The van der Waals surface area contributed by atoms with Gasteiger partial charge in [0.15, 0.2) is 0 Å². The number of aliphatic hydroxyl groups excluding tert-OH is 1. The van der Waals surface area contributed by atoms with Crippen LogP contribution in [-0.2, 0) is 9.53 Å². The second-order valence-electron chi connectivity index (χ2n) is 1.99. The molecule has 0 radical (unpaired) electrons. The highest BCUT2D eigenvalue weighted by molar-refractivity contribution is 5.71. The third kappa shape index (κ3) is 7.06. The summed E-state index contributed by atoms with van der Waals surface area (Å²) in [7, 11) is 0. The molecule has 0 bridgehead atoms. The molecule has 0 aliphatic heterocycles. The minimum absolute atomic E-state index is 0.124. The van der Waals surface area contributed by atoms with E-state index >= 15 is 0 Å². The van der Waals surface area contributed by atoms with Crippen LogP contribution < -0.4 is 0 Å². The van der Waals surface area contributed by atoms with Gasteiger partial charge in [0.2, 0.25) is 0 Å². The van der Waals surface area contributed by atoms with Crippen LogP contribution in [0.25, 0.3) is 0 Å². The van der Waals surface area contributed by atoms with Crippen molar-refractivity contribution in [3.63, 3.8) is 0 Å². The van der Waals surface area contributed by atoms with Gasteiger partial charge in [-0.2, -0.15) is 0 Å². The van der Waals surface area contributed by atoms with E-state index in [4.69, 9.17) is 5.11 Å². The van der Waals surface area contributed by atoms with Crippen LogP contribution in [0.1, 0.15) is 19.8 Å². The Bertz CT molecular complexity index is 129. The van der Waals surface area contributed by atoms with Crippen molar-refractivity contribution >= 4 is 5.97 Å². The van der Waals surface area contributed by atoms with Gasteiger partial charge < -0.3 is 9.84 Å². The molecule has 0 saturated heterocycles. The summed E-state index contributed by atoms with van der Waals surface area (Å²) in [5.41, 5.74) is 0. The molecule has 3 nitrogen and oxygen atoms in total. The predicted octanol–water partition coefficient (Wildman–Crippen LogP) is 0.878. The number of aliphatic hydroxyl groups is 1. The Morgan fingerprint density at radius 3 is 2.82 bits per heavy atom. The molecular weight excluding hydrogens is 144 g/mol. The van der Waals surface area contributed by atoms with E-state index in [2.05, 4.69) is 4.74 Å². The summed E-state index contributed by atoms with van der Waals surface area (Å²) in [4.78, 5) is 10.7. The van der Waals surface area contributed by atoms with Crippen molar-refractivity contribution in [1.29, 1.82) is 0 Å². The topological polar surface area (TPSA) is 46.5 Å². The van der Waals surface area contributed by atoms with E-state index < -0.39 is 0 Å². The normalized spacial score (nSPS) is 10.4. The highest BCUT2D eigenvalue weighted by atomic mass is 16.5. The molecule has 0 aliphatic carbocycles. The summed E-state index contributed by atoms with van der Waals surface area (Å²) in [6, 6.07) is 0. The second-order valence-corrected chi connectivity index (χ2v) is 1.99. The first kappa shape index (κ1) is 10.2. The first-order valence-electron chi connectivity index (χ1n) is 3.72. The van der Waals surface area contributed by atoms with Gasteiger partial charge in [-0.05, 0) is 13.3 Å². The van der Waals surface area contributed by atoms with Gasteiger partial charge in [-0.1, -0.05) is 12.2 Å². The van der Waals surface area contributed by atoms with Crippen molar-refractivity contribution in [1.82, 2.24) is 0 Å². The lowest BCUT2D eigenvalue weighted by Crippen LogP contribution is -2.01. The summed E-state index contributed by atoms with van der Waals surface area (Å²) in [6.07, 6.45) is 4.36. The van der Waals surface area contributed by atoms with Crippen molar-refractivity contribution in [3.8, 4) is 0 Å². The molecule has 0 atom stereocenters. The van der Waals surface area contributed by atoms with Gasteiger partial charge in [0, 0.05) is 6.61 Å². The number of carbonyl (C=O) groups excluding carboxylic acids is 1. The van der Waals surface area contributed by atoms with Gasteiger partial charge in [0.1, 0.15) is 0 Å².